The minimum Gasteiger partial charge on any atom is -0.493 e. The summed E-state index contributed by atoms with van der Waals surface area (Å²) in [6, 6.07) is 12.8. The number of hydrogen-bond donors (Lipinski definition) is 1. The SMILES string of the molecule is COc1ccc2c3c1O[C@H]1C[C@@H](O)C=C[C@@]31CCN(CCOc1ccc(CN3CCCCC3)cc1)C2. The molecule has 6 rings (SSSR count). The summed E-state index contributed by atoms with van der Waals surface area (Å²) < 4.78 is 18.2. The molecule has 1 spiro atoms. The maximum Gasteiger partial charge on any atom is 0.166 e. The van der Waals surface area contributed by atoms with Crippen molar-refractivity contribution in [2.75, 3.05) is 39.9 Å². The quantitative estimate of drug-likeness (QED) is 0.585. The van der Waals surface area contributed by atoms with E-state index in [4.69, 9.17) is 14.2 Å². The van der Waals surface area contributed by atoms with Crippen molar-refractivity contribution < 1.29 is 19.3 Å². The normalized spacial score (nSPS) is 27.6. The third-order valence-corrected chi connectivity index (χ3v) is 8.49. The van der Waals surface area contributed by atoms with Gasteiger partial charge in [0.15, 0.2) is 11.5 Å². The molecule has 6 heteroatoms. The van der Waals surface area contributed by atoms with E-state index in [-0.39, 0.29) is 11.5 Å². The molecule has 3 atom stereocenters. The van der Waals surface area contributed by atoms with Gasteiger partial charge < -0.3 is 19.3 Å². The Kier molecular flexibility index (Phi) is 6.67. The van der Waals surface area contributed by atoms with Gasteiger partial charge in [-0.15, -0.1) is 0 Å². The monoisotopic (exact) mass is 490 g/mol. The standard InChI is InChI=1S/C30H38N2O4/c1-34-26-10-7-23-21-32(16-13-30-12-11-24(33)19-27(30)36-29(26)28(23)30)17-18-35-25-8-5-22(6-9-25)20-31-14-3-2-4-15-31/h5-12,24,27,33H,2-4,13-21H2,1H3/t24-,27-,30-/m0/s1. The molecular weight excluding hydrogens is 452 g/mol. The van der Waals surface area contributed by atoms with Gasteiger partial charge in [-0.25, -0.2) is 0 Å². The lowest BCUT2D eigenvalue weighted by Crippen LogP contribution is -2.43. The van der Waals surface area contributed by atoms with E-state index in [1.807, 2.05) is 12.1 Å². The van der Waals surface area contributed by atoms with Crippen molar-refractivity contribution in [1.82, 2.24) is 9.80 Å². The molecule has 6 nitrogen and oxygen atoms in total. The highest BCUT2D eigenvalue weighted by molar-refractivity contribution is 5.61. The molecule has 2 aromatic carbocycles. The van der Waals surface area contributed by atoms with E-state index >= 15 is 0 Å². The number of nitrogens with zero attached hydrogens (tertiary/aromatic N) is 2. The molecule has 2 aromatic rings. The molecule has 36 heavy (non-hydrogen) atoms. The van der Waals surface area contributed by atoms with Crippen molar-refractivity contribution >= 4 is 0 Å². The molecule has 1 saturated heterocycles. The number of likely N-dealkylation sites (tertiary alicyclic amines) is 1. The van der Waals surface area contributed by atoms with Crippen LogP contribution in [0.25, 0.3) is 0 Å². The Morgan fingerprint density at radius 3 is 2.67 bits per heavy atom. The fraction of sp³-hybridized carbons (Fsp3) is 0.533. The second-order valence-corrected chi connectivity index (χ2v) is 10.8. The molecular formula is C30H38N2O4. The van der Waals surface area contributed by atoms with Gasteiger partial charge in [-0.2, -0.15) is 0 Å². The number of benzene rings is 2. The number of hydrogen-bond acceptors (Lipinski definition) is 6. The molecule has 1 N–H and O–H groups in total. The van der Waals surface area contributed by atoms with Gasteiger partial charge in [0.1, 0.15) is 18.5 Å². The minimum atomic E-state index is -0.455. The maximum atomic E-state index is 10.3. The van der Waals surface area contributed by atoms with Crippen LogP contribution in [0.5, 0.6) is 17.2 Å². The topological polar surface area (TPSA) is 54.4 Å². The van der Waals surface area contributed by atoms with Gasteiger partial charge in [0.25, 0.3) is 0 Å². The van der Waals surface area contributed by atoms with Gasteiger partial charge in [0.2, 0.25) is 0 Å². The van der Waals surface area contributed by atoms with E-state index in [2.05, 4.69) is 46.2 Å². The van der Waals surface area contributed by atoms with Crippen LogP contribution in [0, 0.1) is 0 Å². The van der Waals surface area contributed by atoms with E-state index in [1.54, 1.807) is 7.11 Å². The highest BCUT2D eigenvalue weighted by Gasteiger charge is 2.52. The van der Waals surface area contributed by atoms with Crippen LogP contribution in [-0.2, 0) is 18.5 Å². The maximum absolute atomic E-state index is 10.3. The van der Waals surface area contributed by atoms with Crippen molar-refractivity contribution in [3.63, 3.8) is 0 Å². The Labute approximate surface area is 214 Å². The second-order valence-electron chi connectivity index (χ2n) is 10.8. The van der Waals surface area contributed by atoms with Gasteiger partial charge >= 0.3 is 0 Å². The lowest BCUT2D eigenvalue weighted by Gasteiger charge is -2.35. The van der Waals surface area contributed by atoms with Crippen LogP contribution in [-0.4, -0.2) is 67.0 Å². The Morgan fingerprint density at radius 2 is 1.86 bits per heavy atom. The molecule has 1 aliphatic carbocycles. The summed E-state index contributed by atoms with van der Waals surface area (Å²) in [4.78, 5) is 5.03. The van der Waals surface area contributed by atoms with Crippen LogP contribution in [0.3, 0.4) is 0 Å². The Morgan fingerprint density at radius 1 is 1.03 bits per heavy atom. The van der Waals surface area contributed by atoms with E-state index < -0.39 is 6.10 Å². The average Bonchev–Trinajstić information content (AvgIpc) is 3.14. The van der Waals surface area contributed by atoms with Gasteiger partial charge in [0, 0.05) is 31.6 Å². The van der Waals surface area contributed by atoms with Crippen molar-refractivity contribution in [2.45, 2.75) is 62.8 Å². The van der Waals surface area contributed by atoms with Crippen LogP contribution in [0.15, 0.2) is 48.6 Å². The number of ether oxygens (including phenoxy) is 3. The molecule has 0 aromatic heterocycles. The van der Waals surface area contributed by atoms with Crippen molar-refractivity contribution in [3.8, 4) is 17.2 Å². The van der Waals surface area contributed by atoms with Gasteiger partial charge in [0.05, 0.1) is 18.6 Å². The first kappa shape index (κ1) is 23.8. The molecule has 0 amide bonds. The minimum absolute atomic E-state index is 0.0535. The van der Waals surface area contributed by atoms with Crippen molar-refractivity contribution in [2.24, 2.45) is 0 Å². The molecule has 1 fully saturated rings. The Hall–Kier alpha value is -2.54. The number of rotatable bonds is 7. The summed E-state index contributed by atoms with van der Waals surface area (Å²) in [6.07, 6.45) is 9.23. The summed E-state index contributed by atoms with van der Waals surface area (Å²) in [5.41, 5.74) is 3.71. The molecule has 4 aliphatic rings. The smallest absolute Gasteiger partial charge is 0.166 e. The summed E-state index contributed by atoms with van der Waals surface area (Å²) in [5, 5.41) is 10.3. The van der Waals surface area contributed by atoms with Crippen LogP contribution < -0.4 is 14.2 Å². The fourth-order valence-corrected chi connectivity index (χ4v) is 6.54. The van der Waals surface area contributed by atoms with Gasteiger partial charge in [-0.3, -0.25) is 9.80 Å². The zero-order valence-corrected chi connectivity index (χ0v) is 21.3. The Balaban J connectivity index is 1.11. The zero-order valence-electron chi connectivity index (χ0n) is 21.3. The lowest BCUT2D eigenvalue weighted by molar-refractivity contribution is 0.0802. The van der Waals surface area contributed by atoms with Crippen LogP contribution in [0.4, 0.5) is 0 Å². The molecule has 0 bridgehead atoms. The van der Waals surface area contributed by atoms with Crippen LogP contribution in [0.1, 0.15) is 48.8 Å². The molecule has 3 heterocycles. The first-order valence-electron chi connectivity index (χ1n) is 13.6. The number of piperidine rings is 1. The van der Waals surface area contributed by atoms with Crippen LogP contribution in [0.2, 0.25) is 0 Å². The highest BCUT2D eigenvalue weighted by Crippen LogP contribution is 2.55. The summed E-state index contributed by atoms with van der Waals surface area (Å²) >= 11 is 0. The van der Waals surface area contributed by atoms with E-state index in [0.717, 1.165) is 49.8 Å². The van der Waals surface area contributed by atoms with Gasteiger partial charge in [-0.1, -0.05) is 36.8 Å². The largest absolute Gasteiger partial charge is 0.493 e. The number of methoxy groups -OCH3 is 1. The number of aliphatic hydroxyl groups is 1. The predicted octanol–water partition coefficient (Wildman–Crippen LogP) is 4.29. The van der Waals surface area contributed by atoms with Crippen molar-refractivity contribution in [1.29, 1.82) is 0 Å². The third-order valence-electron chi connectivity index (χ3n) is 8.49. The highest BCUT2D eigenvalue weighted by atomic mass is 16.5. The van der Waals surface area contributed by atoms with E-state index in [1.165, 1.54) is 49.0 Å². The summed E-state index contributed by atoms with van der Waals surface area (Å²) in [6.45, 7) is 6.81. The van der Waals surface area contributed by atoms with E-state index in [9.17, 15) is 5.11 Å². The third kappa shape index (κ3) is 4.51. The molecule has 3 aliphatic heterocycles. The fourth-order valence-electron chi connectivity index (χ4n) is 6.54. The van der Waals surface area contributed by atoms with Gasteiger partial charge in [-0.05, 0) is 68.2 Å². The second kappa shape index (κ2) is 10.1. The zero-order chi connectivity index (χ0) is 24.5. The average molecular weight is 491 g/mol. The molecule has 0 saturated carbocycles. The first-order chi connectivity index (χ1) is 17.6. The van der Waals surface area contributed by atoms with Crippen molar-refractivity contribution in [3.05, 3.63) is 65.2 Å². The molecule has 0 radical (unpaired) electrons. The summed E-state index contributed by atoms with van der Waals surface area (Å²) in [7, 11) is 1.70. The summed E-state index contributed by atoms with van der Waals surface area (Å²) in [5.74, 6) is 2.59. The molecule has 192 valence electrons. The number of aliphatic hydroxyl groups excluding tert-OH is 1. The van der Waals surface area contributed by atoms with Crippen LogP contribution >= 0.6 is 0 Å². The van der Waals surface area contributed by atoms with E-state index in [0.29, 0.717) is 13.0 Å². The Bertz CT molecular complexity index is 1090. The first-order valence-corrected chi connectivity index (χ1v) is 13.6. The molecule has 0 unspecified atom stereocenters. The predicted molar refractivity (Wildman–Crippen MR) is 140 cm³/mol. The lowest BCUT2D eigenvalue weighted by atomic mass is 9.69.